The SMILES string of the molecule is C=CC(=O)COc1ccc(C#Cc2ccc(C(=O)Oc3ccc(C(=O)OCOC(=O)C=C)cc3)cc2)cc1. The monoisotopic (exact) mass is 510 g/mol. The summed E-state index contributed by atoms with van der Waals surface area (Å²) in [5, 5.41) is 0. The first-order valence-electron chi connectivity index (χ1n) is 11.2. The van der Waals surface area contributed by atoms with Gasteiger partial charge in [0.25, 0.3) is 0 Å². The van der Waals surface area contributed by atoms with E-state index in [-0.39, 0.29) is 23.7 Å². The molecular weight excluding hydrogens is 488 g/mol. The number of carbonyl (C=O) groups excluding carboxylic acids is 4. The van der Waals surface area contributed by atoms with Crippen molar-refractivity contribution in [2.45, 2.75) is 0 Å². The lowest BCUT2D eigenvalue weighted by molar-refractivity contribution is -0.146. The molecule has 0 aromatic heterocycles. The minimum absolute atomic E-state index is 0.0696. The Bertz CT molecular complexity index is 1390. The summed E-state index contributed by atoms with van der Waals surface area (Å²) in [6.45, 7) is 6.02. The molecule has 0 atom stereocenters. The normalized spacial score (nSPS) is 9.68. The summed E-state index contributed by atoms with van der Waals surface area (Å²) in [5.74, 6) is 4.60. The third-order valence-corrected chi connectivity index (χ3v) is 4.79. The highest BCUT2D eigenvalue weighted by atomic mass is 16.7. The van der Waals surface area contributed by atoms with E-state index in [1.165, 1.54) is 30.3 Å². The van der Waals surface area contributed by atoms with Crippen LogP contribution >= 0.6 is 0 Å². The van der Waals surface area contributed by atoms with Crippen molar-refractivity contribution < 1.29 is 38.1 Å². The van der Waals surface area contributed by atoms with Crippen LogP contribution in [0.5, 0.6) is 11.5 Å². The van der Waals surface area contributed by atoms with Gasteiger partial charge in [0.1, 0.15) is 11.5 Å². The number of esters is 3. The Labute approximate surface area is 219 Å². The fourth-order valence-corrected chi connectivity index (χ4v) is 2.79. The van der Waals surface area contributed by atoms with Gasteiger partial charge in [-0.15, -0.1) is 0 Å². The summed E-state index contributed by atoms with van der Waals surface area (Å²) in [4.78, 5) is 46.6. The lowest BCUT2D eigenvalue weighted by atomic mass is 10.1. The summed E-state index contributed by atoms with van der Waals surface area (Å²) in [5.41, 5.74) is 1.95. The molecule has 0 radical (unpaired) electrons. The fourth-order valence-electron chi connectivity index (χ4n) is 2.79. The zero-order chi connectivity index (χ0) is 27.3. The number of ketones is 1. The molecule has 0 aliphatic carbocycles. The average molecular weight is 510 g/mol. The second-order valence-corrected chi connectivity index (χ2v) is 7.44. The number of hydrogen-bond acceptors (Lipinski definition) is 8. The predicted octanol–water partition coefficient (Wildman–Crippen LogP) is 4.28. The van der Waals surface area contributed by atoms with Gasteiger partial charge in [-0.2, -0.15) is 0 Å². The highest BCUT2D eigenvalue weighted by Crippen LogP contribution is 2.16. The van der Waals surface area contributed by atoms with Crippen molar-refractivity contribution in [3.8, 4) is 23.3 Å². The maximum atomic E-state index is 12.5. The van der Waals surface area contributed by atoms with Crippen LogP contribution < -0.4 is 9.47 Å². The van der Waals surface area contributed by atoms with Crippen LogP contribution in [0.3, 0.4) is 0 Å². The third-order valence-electron chi connectivity index (χ3n) is 4.79. The van der Waals surface area contributed by atoms with Crippen molar-refractivity contribution in [2.24, 2.45) is 0 Å². The summed E-state index contributed by atoms with van der Waals surface area (Å²) in [6, 6.07) is 19.3. The Balaban J connectivity index is 1.52. The summed E-state index contributed by atoms with van der Waals surface area (Å²) >= 11 is 0. The molecule has 0 bridgehead atoms. The standard InChI is InChI=1S/C30H22O8/c1-3-25(31)19-35-26-15-9-22(10-16-26)6-5-21-7-11-24(12-8-21)30(34)38-27-17-13-23(14-18-27)29(33)37-20-36-28(32)4-2/h3-4,7-18H,1-2,19-20H2. The molecular formula is C30H22O8. The Morgan fingerprint density at radius 1 is 0.658 bits per heavy atom. The van der Waals surface area contributed by atoms with Gasteiger partial charge in [-0.3, -0.25) is 4.79 Å². The molecule has 0 saturated heterocycles. The molecule has 190 valence electrons. The zero-order valence-electron chi connectivity index (χ0n) is 20.2. The van der Waals surface area contributed by atoms with Gasteiger partial charge >= 0.3 is 17.9 Å². The van der Waals surface area contributed by atoms with Crippen LogP contribution in [-0.4, -0.2) is 37.1 Å². The van der Waals surface area contributed by atoms with E-state index in [0.717, 1.165) is 11.6 Å². The van der Waals surface area contributed by atoms with E-state index >= 15 is 0 Å². The zero-order valence-corrected chi connectivity index (χ0v) is 20.2. The van der Waals surface area contributed by atoms with Gasteiger partial charge in [-0.25, -0.2) is 14.4 Å². The molecule has 0 saturated carbocycles. The number of rotatable bonds is 10. The van der Waals surface area contributed by atoms with Gasteiger partial charge in [-0.1, -0.05) is 25.0 Å². The number of hydrogen-bond donors (Lipinski definition) is 0. The van der Waals surface area contributed by atoms with Crippen LogP contribution in [-0.2, 0) is 19.1 Å². The van der Waals surface area contributed by atoms with E-state index in [0.29, 0.717) is 16.9 Å². The number of carbonyl (C=O) groups is 4. The lowest BCUT2D eigenvalue weighted by Crippen LogP contribution is -2.12. The van der Waals surface area contributed by atoms with Crippen LogP contribution in [0, 0.1) is 11.8 Å². The molecule has 0 heterocycles. The van der Waals surface area contributed by atoms with Crippen LogP contribution in [0.2, 0.25) is 0 Å². The Morgan fingerprint density at radius 2 is 1.18 bits per heavy atom. The first-order valence-corrected chi connectivity index (χ1v) is 11.2. The fraction of sp³-hybridized carbons (Fsp3) is 0.0667. The van der Waals surface area contributed by atoms with Gasteiger partial charge in [0.05, 0.1) is 11.1 Å². The van der Waals surface area contributed by atoms with Gasteiger partial charge in [0.2, 0.25) is 6.79 Å². The molecule has 0 aliphatic rings. The molecule has 8 heteroatoms. The summed E-state index contributed by atoms with van der Waals surface area (Å²) in [7, 11) is 0. The Kier molecular flexibility index (Phi) is 9.73. The van der Waals surface area contributed by atoms with Gasteiger partial charge in [0.15, 0.2) is 12.4 Å². The van der Waals surface area contributed by atoms with Crippen LogP contribution in [0.4, 0.5) is 0 Å². The van der Waals surface area contributed by atoms with E-state index in [1.54, 1.807) is 48.5 Å². The topological polar surface area (TPSA) is 105 Å². The first kappa shape index (κ1) is 27.2. The summed E-state index contributed by atoms with van der Waals surface area (Å²) < 4.78 is 20.1. The van der Waals surface area contributed by atoms with Crippen LogP contribution in [0.15, 0.2) is 98.1 Å². The van der Waals surface area contributed by atoms with Gasteiger partial charge in [0, 0.05) is 17.2 Å². The van der Waals surface area contributed by atoms with Crippen molar-refractivity contribution in [2.75, 3.05) is 13.4 Å². The highest BCUT2D eigenvalue weighted by Gasteiger charge is 2.11. The van der Waals surface area contributed by atoms with Crippen LogP contribution in [0.1, 0.15) is 31.8 Å². The predicted molar refractivity (Wildman–Crippen MR) is 138 cm³/mol. The van der Waals surface area contributed by atoms with Crippen molar-refractivity contribution in [1.82, 2.24) is 0 Å². The molecule has 8 nitrogen and oxygen atoms in total. The van der Waals surface area contributed by atoms with E-state index in [9.17, 15) is 19.2 Å². The van der Waals surface area contributed by atoms with E-state index in [2.05, 4.69) is 29.7 Å². The van der Waals surface area contributed by atoms with Crippen molar-refractivity contribution in [3.05, 3.63) is 120 Å². The van der Waals surface area contributed by atoms with Crippen LogP contribution in [0.25, 0.3) is 0 Å². The summed E-state index contributed by atoms with van der Waals surface area (Å²) in [6.07, 6.45) is 2.16. The minimum Gasteiger partial charge on any atom is -0.485 e. The largest absolute Gasteiger partial charge is 0.485 e. The molecule has 38 heavy (non-hydrogen) atoms. The van der Waals surface area contributed by atoms with E-state index in [4.69, 9.17) is 14.2 Å². The molecule has 0 N–H and O–H groups in total. The highest BCUT2D eigenvalue weighted by molar-refractivity contribution is 5.92. The maximum Gasteiger partial charge on any atom is 0.343 e. The first-order chi connectivity index (χ1) is 18.4. The second kappa shape index (κ2) is 13.6. The molecule has 3 aromatic rings. The quantitative estimate of drug-likeness (QED) is 0.131. The van der Waals surface area contributed by atoms with Crippen molar-refractivity contribution >= 4 is 23.7 Å². The molecule has 0 spiro atoms. The maximum absolute atomic E-state index is 12.5. The lowest BCUT2D eigenvalue weighted by Gasteiger charge is -2.07. The molecule has 0 amide bonds. The van der Waals surface area contributed by atoms with Gasteiger partial charge < -0.3 is 18.9 Å². The smallest absolute Gasteiger partial charge is 0.343 e. The van der Waals surface area contributed by atoms with Gasteiger partial charge in [-0.05, 0) is 78.9 Å². The molecule has 0 unspecified atom stereocenters. The number of ether oxygens (including phenoxy) is 4. The molecule has 3 aromatic carbocycles. The third kappa shape index (κ3) is 8.36. The number of benzene rings is 3. The van der Waals surface area contributed by atoms with E-state index < -0.39 is 24.7 Å². The Morgan fingerprint density at radius 3 is 1.76 bits per heavy atom. The van der Waals surface area contributed by atoms with Crippen molar-refractivity contribution in [3.63, 3.8) is 0 Å². The average Bonchev–Trinajstić information content (AvgIpc) is 2.95. The molecule has 0 aliphatic heterocycles. The second-order valence-electron chi connectivity index (χ2n) is 7.44. The minimum atomic E-state index is -0.712. The molecule has 0 fully saturated rings. The molecule has 3 rings (SSSR count). The van der Waals surface area contributed by atoms with Crippen molar-refractivity contribution in [1.29, 1.82) is 0 Å². The Hall–Kier alpha value is -5.42. The van der Waals surface area contributed by atoms with E-state index in [1.807, 2.05) is 0 Å².